The molecule has 4 amide bonds. The van der Waals surface area contributed by atoms with E-state index in [4.69, 9.17) is 27.9 Å². The molecule has 1 heterocycles. The van der Waals surface area contributed by atoms with Crippen LogP contribution in [0.5, 0.6) is 5.75 Å². The first-order valence-electron chi connectivity index (χ1n) is 10.4. The number of halogens is 2. The maximum absolute atomic E-state index is 13.1. The smallest absolute Gasteiger partial charge is 0.335 e. The number of nitrogens with one attached hydrogen (secondary N) is 1. The number of benzene rings is 3. The Hall–Kier alpha value is -3.61. The minimum atomic E-state index is -0.793. The minimum absolute atomic E-state index is 0.179. The van der Waals surface area contributed by atoms with Gasteiger partial charge < -0.3 is 4.74 Å². The quantitative estimate of drug-likeness (QED) is 0.356. The van der Waals surface area contributed by atoms with Crippen molar-refractivity contribution in [3.8, 4) is 5.75 Å². The number of rotatable bonds is 5. The SMILES string of the molecule is Cc1ccc(N2C(=O)NC(=O)/C(=C\c3ccc(OCc4cccc(Cl)c4)c(Cl)c3)C2=O)cc1C. The van der Waals surface area contributed by atoms with Crippen molar-refractivity contribution in [1.29, 1.82) is 0 Å². The second-order valence-corrected chi connectivity index (χ2v) is 8.68. The van der Waals surface area contributed by atoms with Gasteiger partial charge in [-0.1, -0.05) is 47.5 Å². The molecule has 0 aromatic heterocycles. The lowest BCUT2D eigenvalue weighted by molar-refractivity contribution is -0.122. The average Bonchev–Trinajstić information content (AvgIpc) is 2.78. The average molecular weight is 495 g/mol. The number of imide groups is 2. The van der Waals surface area contributed by atoms with Crippen LogP contribution in [0.4, 0.5) is 10.5 Å². The molecule has 0 bridgehead atoms. The van der Waals surface area contributed by atoms with Gasteiger partial charge in [0.25, 0.3) is 11.8 Å². The van der Waals surface area contributed by atoms with Crippen molar-refractivity contribution in [2.45, 2.75) is 20.5 Å². The summed E-state index contributed by atoms with van der Waals surface area (Å²) in [7, 11) is 0. The lowest BCUT2D eigenvalue weighted by Gasteiger charge is -2.26. The number of ether oxygens (including phenoxy) is 1. The molecule has 0 radical (unpaired) electrons. The molecule has 34 heavy (non-hydrogen) atoms. The van der Waals surface area contributed by atoms with Crippen molar-refractivity contribution >= 4 is 52.8 Å². The molecular formula is C26H20Cl2N2O4. The third-order valence-electron chi connectivity index (χ3n) is 5.40. The Bertz CT molecular complexity index is 1350. The highest BCUT2D eigenvalue weighted by Crippen LogP contribution is 2.29. The highest BCUT2D eigenvalue weighted by Gasteiger charge is 2.36. The molecule has 1 N–H and O–H groups in total. The molecule has 4 rings (SSSR count). The van der Waals surface area contributed by atoms with Crippen molar-refractivity contribution < 1.29 is 19.1 Å². The summed E-state index contributed by atoms with van der Waals surface area (Å²) >= 11 is 12.4. The van der Waals surface area contributed by atoms with E-state index in [-0.39, 0.29) is 12.2 Å². The van der Waals surface area contributed by atoms with Crippen molar-refractivity contribution in [2.24, 2.45) is 0 Å². The van der Waals surface area contributed by atoms with Crippen LogP contribution in [0.25, 0.3) is 6.08 Å². The van der Waals surface area contributed by atoms with Gasteiger partial charge in [-0.05, 0) is 78.6 Å². The Morgan fingerprint density at radius 3 is 2.44 bits per heavy atom. The van der Waals surface area contributed by atoms with Gasteiger partial charge in [-0.3, -0.25) is 14.9 Å². The largest absolute Gasteiger partial charge is 0.487 e. The third kappa shape index (κ3) is 4.98. The molecule has 0 spiro atoms. The van der Waals surface area contributed by atoms with Crippen molar-refractivity contribution in [3.63, 3.8) is 0 Å². The third-order valence-corrected chi connectivity index (χ3v) is 5.93. The molecule has 0 aliphatic carbocycles. The van der Waals surface area contributed by atoms with Gasteiger partial charge in [0, 0.05) is 5.02 Å². The molecular weight excluding hydrogens is 475 g/mol. The van der Waals surface area contributed by atoms with Gasteiger partial charge in [0.15, 0.2) is 0 Å². The first-order chi connectivity index (χ1) is 16.2. The lowest BCUT2D eigenvalue weighted by atomic mass is 10.0. The summed E-state index contributed by atoms with van der Waals surface area (Å²) in [6, 6.07) is 16.6. The van der Waals surface area contributed by atoms with Crippen LogP contribution in [-0.4, -0.2) is 17.8 Å². The lowest BCUT2D eigenvalue weighted by Crippen LogP contribution is -2.54. The summed E-state index contributed by atoms with van der Waals surface area (Å²) in [5.74, 6) is -1.04. The molecule has 6 nitrogen and oxygen atoms in total. The molecule has 0 saturated carbocycles. The number of amides is 4. The van der Waals surface area contributed by atoms with E-state index in [0.717, 1.165) is 21.6 Å². The van der Waals surface area contributed by atoms with Gasteiger partial charge in [-0.15, -0.1) is 0 Å². The predicted octanol–water partition coefficient (Wildman–Crippen LogP) is 5.86. The summed E-state index contributed by atoms with van der Waals surface area (Å²) in [5, 5.41) is 3.14. The zero-order valence-electron chi connectivity index (χ0n) is 18.4. The number of nitrogens with zero attached hydrogens (tertiary/aromatic N) is 1. The van der Waals surface area contributed by atoms with Crippen molar-refractivity contribution in [3.05, 3.63) is 98.5 Å². The van der Waals surface area contributed by atoms with E-state index in [0.29, 0.717) is 27.0 Å². The van der Waals surface area contributed by atoms with Crippen LogP contribution in [0.2, 0.25) is 10.0 Å². The van der Waals surface area contributed by atoms with E-state index in [1.807, 2.05) is 32.0 Å². The fourth-order valence-electron chi connectivity index (χ4n) is 3.44. The maximum Gasteiger partial charge on any atom is 0.335 e. The summed E-state index contributed by atoms with van der Waals surface area (Å²) in [5.41, 5.74) is 3.53. The number of hydrogen-bond acceptors (Lipinski definition) is 4. The molecule has 172 valence electrons. The molecule has 3 aromatic rings. The van der Waals surface area contributed by atoms with E-state index < -0.39 is 17.8 Å². The van der Waals surface area contributed by atoms with E-state index in [1.165, 1.54) is 6.08 Å². The van der Waals surface area contributed by atoms with E-state index in [2.05, 4.69) is 5.32 Å². The first kappa shape index (κ1) is 23.5. The number of hydrogen-bond donors (Lipinski definition) is 1. The number of carbonyl (C=O) groups is 3. The van der Waals surface area contributed by atoms with Crippen molar-refractivity contribution in [2.75, 3.05) is 4.90 Å². The first-order valence-corrected chi connectivity index (χ1v) is 11.1. The molecule has 8 heteroatoms. The van der Waals surface area contributed by atoms with Crippen LogP contribution >= 0.6 is 23.2 Å². The highest BCUT2D eigenvalue weighted by molar-refractivity contribution is 6.39. The highest BCUT2D eigenvalue weighted by atomic mass is 35.5. The molecule has 1 saturated heterocycles. The molecule has 1 fully saturated rings. The maximum atomic E-state index is 13.1. The summed E-state index contributed by atoms with van der Waals surface area (Å²) in [6.45, 7) is 4.08. The number of urea groups is 1. The summed E-state index contributed by atoms with van der Waals surface area (Å²) in [6.07, 6.45) is 1.39. The Morgan fingerprint density at radius 1 is 0.941 bits per heavy atom. The van der Waals surface area contributed by atoms with Gasteiger partial charge in [-0.2, -0.15) is 0 Å². The van der Waals surface area contributed by atoms with Gasteiger partial charge in [-0.25, -0.2) is 9.69 Å². The van der Waals surface area contributed by atoms with Gasteiger partial charge in [0.05, 0.1) is 10.7 Å². The Kier molecular flexibility index (Phi) is 6.72. The fourth-order valence-corrected chi connectivity index (χ4v) is 3.89. The van der Waals surface area contributed by atoms with Gasteiger partial charge in [0.1, 0.15) is 17.9 Å². The fraction of sp³-hybridized carbons (Fsp3) is 0.115. The molecule has 0 atom stereocenters. The zero-order chi connectivity index (χ0) is 24.4. The predicted molar refractivity (Wildman–Crippen MR) is 132 cm³/mol. The van der Waals surface area contributed by atoms with Crippen molar-refractivity contribution in [1.82, 2.24) is 5.32 Å². The molecule has 0 unspecified atom stereocenters. The second-order valence-electron chi connectivity index (χ2n) is 7.83. The van der Waals surface area contributed by atoms with Crippen LogP contribution in [0, 0.1) is 13.8 Å². The van der Waals surface area contributed by atoms with Gasteiger partial charge in [0.2, 0.25) is 0 Å². The minimum Gasteiger partial charge on any atom is -0.487 e. The standard InChI is InChI=1S/C26H20Cl2N2O4/c1-15-6-8-20(10-16(15)2)30-25(32)21(24(31)29-26(30)33)12-17-7-9-23(22(28)13-17)34-14-18-4-3-5-19(27)11-18/h3-13H,14H2,1-2H3,(H,29,31,33)/b21-12+. The molecule has 3 aromatic carbocycles. The van der Waals surface area contributed by atoms with Crippen LogP contribution in [-0.2, 0) is 16.2 Å². The van der Waals surface area contributed by atoms with Crippen LogP contribution in [0.3, 0.4) is 0 Å². The van der Waals surface area contributed by atoms with Crippen LogP contribution < -0.4 is 15.0 Å². The second kappa shape index (κ2) is 9.71. The molecule has 1 aliphatic heterocycles. The number of aryl methyl sites for hydroxylation is 2. The summed E-state index contributed by atoms with van der Waals surface area (Å²) < 4.78 is 5.76. The van der Waals surface area contributed by atoms with Crippen LogP contribution in [0.15, 0.2) is 66.2 Å². The Labute approximate surface area is 206 Å². The molecule has 1 aliphatic rings. The number of carbonyl (C=O) groups excluding carboxylic acids is 3. The van der Waals surface area contributed by atoms with E-state index in [1.54, 1.807) is 42.5 Å². The van der Waals surface area contributed by atoms with Crippen LogP contribution in [0.1, 0.15) is 22.3 Å². The zero-order valence-corrected chi connectivity index (χ0v) is 19.9. The normalized spacial score (nSPS) is 15.0. The Morgan fingerprint density at radius 2 is 1.74 bits per heavy atom. The number of barbiturate groups is 1. The number of anilines is 1. The van der Waals surface area contributed by atoms with E-state index in [9.17, 15) is 14.4 Å². The summed E-state index contributed by atoms with van der Waals surface area (Å²) in [4.78, 5) is 38.9. The Balaban J connectivity index is 1.57. The van der Waals surface area contributed by atoms with E-state index >= 15 is 0 Å². The topological polar surface area (TPSA) is 75.7 Å². The monoisotopic (exact) mass is 494 g/mol. The van der Waals surface area contributed by atoms with Gasteiger partial charge >= 0.3 is 6.03 Å².